The van der Waals surface area contributed by atoms with Crippen molar-refractivity contribution >= 4 is 16.9 Å². The first kappa shape index (κ1) is 9.34. The number of rotatable bonds is 0. The zero-order valence-electron chi connectivity index (χ0n) is 7.91. The van der Waals surface area contributed by atoms with Gasteiger partial charge in [0.05, 0.1) is 0 Å². The topological polar surface area (TPSA) is 41.6 Å². The molecule has 4 heteroatoms. The number of likely N-dealkylation sites (tertiary alicyclic amines) is 1. The molecule has 0 aromatic rings. The van der Waals surface area contributed by atoms with E-state index < -0.39 is 0 Å². The monoisotopic (exact) mass is 199 g/mol. The molecule has 1 saturated heterocycles. The molecule has 0 bridgehead atoms. The number of hydrogen-bond donors (Lipinski definition) is 1. The Morgan fingerprint density at radius 2 is 2.15 bits per heavy atom. The Kier molecular flexibility index (Phi) is 3.11. The summed E-state index contributed by atoms with van der Waals surface area (Å²) in [4.78, 5) is 6.94. The minimum Gasteiger partial charge on any atom is -0.351 e. The fraction of sp³-hybridized carbons (Fsp3) is 0.889. The van der Waals surface area contributed by atoms with Crippen LogP contribution in [0.15, 0.2) is 4.99 Å². The molecule has 0 unspecified atom stereocenters. The maximum Gasteiger partial charge on any atom is 0.159 e. The second kappa shape index (κ2) is 4.33. The summed E-state index contributed by atoms with van der Waals surface area (Å²) in [6.07, 6.45) is 3.49. The highest BCUT2D eigenvalue weighted by atomic mass is 32.2. The Labute approximate surface area is 83.8 Å². The number of thioether (sulfide) groups is 1. The van der Waals surface area contributed by atoms with Crippen LogP contribution in [0.25, 0.3) is 0 Å². The third-order valence-corrected chi connectivity index (χ3v) is 3.73. The summed E-state index contributed by atoms with van der Waals surface area (Å²) in [5, 5.41) is 1.26. The minimum atomic E-state index is 0.422. The van der Waals surface area contributed by atoms with E-state index in [1.807, 2.05) is 11.8 Å². The van der Waals surface area contributed by atoms with Gasteiger partial charge in [-0.2, -0.15) is 0 Å². The molecule has 0 saturated carbocycles. The number of nitrogens with two attached hydrogens (primary N) is 1. The minimum absolute atomic E-state index is 0.422. The first-order valence-electron chi connectivity index (χ1n) is 5.04. The number of piperidine rings is 1. The van der Waals surface area contributed by atoms with E-state index in [1.165, 1.54) is 17.3 Å². The zero-order valence-corrected chi connectivity index (χ0v) is 8.72. The van der Waals surface area contributed by atoms with Crippen LogP contribution in [0.5, 0.6) is 0 Å². The lowest BCUT2D eigenvalue weighted by Crippen LogP contribution is -2.42. The van der Waals surface area contributed by atoms with Crippen molar-refractivity contribution in [2.24, 2.45) is 10.7 Å². The quantitative estimate of drug-likeness (QED) is 0.630. The molecule has 0 aromatic carbocycles. The van der Waals surface area contributed by atoms with E-state index in [-0.39, 0.29) is 0 Å². The Morgan fingerprint density at radius 3 is 2.77 bits per heavy atom. The van der Waals surface area contributed by atoms with Crippen LogP contribution in [0, 0.1) is 0 Å². The van der Waals surface area contributed by atoms with Crippen molar-refractivity contribution in [3.8, 4) is 0 Å². The van der Waals surface area contributed by atoms with Gasteiger partial charge >= 0.3 is 0 Å². The standard InChI is InChI=1S/C9H17N3S/c10-8-2-5-12(6-3-8)9-11-4-1-7-13-9/h8H,1-7,10H2. The van der Waals surface area contributed by atoms with Crippen LogP contribution in [-0.4, -0.2) is 41.5 Å². The largest absolute Gasteiger partial charge is 0.351 e. The van der Waals surface area contributed by atoms with Crippen molar-refractivity contribution in [3.05, 3.63) is 0 Å². The van der Waals surface area contributed by atoms with E-state index in [9.17, 15) is 0 Å². The van der Waals surface area contributed by atoms with E-state index >= 15 is 0 Å². The van der Waals surface area contributed by atoms with Crippen LogP contribution in [0.1, 0.15) is 19.3 Å². The highest BCUT2D eigenvalue weighted by Crippen LogP contribution is 2.19. The number of amidine groups is 1. The molecule has 0 aromatic heterocycles. The Morgan fingerprint density at radius 1 is 1.38 bits per heavy atom. The molecule has 0 atom stereocenters. The summed E-state index contributed by atoms with van der Waals surface area (Å²) in [6.45, 7) is 3.23. The van der Waals surface area contributed by atoms with Crippen LogP contribution in [0.2, 0.25) is 0 Å². The average molecular weight is 199 g/mol. The van der Waals surface area contributed by atoms with Crippen molar-refractivity contribution in [1.82, 2.24) is 4.90 Å². The van der Waals surface area contributed by atoms with Crippen LogP contribution in [0.4, 0.5) is 0 Å². The van der Waals surface area contributed by atoms with E-state index in [4.69, 9.17) is 5.73 Å². The lowest BCUT2D eigenvalue weighted by Gasteiger charge is -2.33. The van der Waals surface area contributed by atoms with Gasteiger partial charge in [-0.15, -0.1) is 0 Å². The lowest BCUT2D eigenvalue weighted by atomic mass is 10.1. The third kappa shape index (κ3) is 2.38. The highest BCUT2D eigenvalue weighted by Gasteiger charge is 2.20. The van der Waals surface area contributed by atoms with Crippen molar-refractivity contribution in [1.29, 1.82) is 0 Å². The summed E-state index contributed by atoms with van der Waals surface area (Å²) in [6, 6.07) is 0.422. The maximum atomic E-state index is 5.85. The predicted octanol–water partition coefficient (Wildman–Crippen LogP) is 0.902. The van der Waals surface area contributed by atoms with Crippen LogP contribution >= 0.6 is 11.8 Å². The molecular formula is C9H17N3S. The first-order chi connectivity index (χ1) is 6.36. The summed E-state index contributed by atoms with van der Waals surface area (Å²) in [5.41, 5.74) is 5.85. The molecule has 0 amide bonds. The molecule has 1 fully saturated rings. The summed E-state index contributed by atoms with van der Waals surface area (Å²) in [5.74, 6) is 1.24. The molecular weight excluding hydrogens is 182 g/mol. The van der Waals surface area contributed by atoms with Crippen molar-refractivity contribution in [2.45, 2.75) is 25.3 Å². The van der Waals surface area contributed by atoms with Gasteiger partial charge in [0.25, 0.3) is 0 Å². The summed E-state index contributed by atoms with van der Waals surface area (Å²) in [7, 11) is 0. The maximum absolute atomic E-state index is 5.85. The number of nitrogens with zero attached hydrogens (tertiary/aromatic N) is 2. The second-order valence-electron chi connectivity index (χ2n) is 3.69. The Bertz CT molecular complexity index is 197. The molecule has 2 aliphatic rings. The van der Waals surface area contributed by atoms with E-state index in [2.05, 4.69) is 9.89 Å². The van der Waals surface area contributed by atoms with Crippen molar-refractivity contribution in [3.63, 3.8) is 0 Å². The second-order valence-corrected chi connectivity index (χ2v) is 4.75. The fourth-order valence-corrected chi connectivity index (χ4v) is 2.73. The van der Waals surface area contributed by atoms with Gasteiger partial charge in [0, 0.05) is 31.4 Å². The van der Waals surface area contributed by atoms with E-state index in [1.54, 1.807) is 0 Å². The smallest absolute Gasteiger partial charge is 0.159 e. The molecule has 74 valence electrons. The Balaban J connectivity index is 1.89. The molecule has 0 spiro atoms. The van der Waals surface area contributed by atoms with Gasteiger partial charge in [-0.3, -0.25) is 4.99 Å². The Hall–Kier alpha value is -0.220. The SMILES string of the molecule is NC1CCN(C2=NCCCS2)CC1. The van der Waals surface area contributed by atoms with Crippen LogP contribution in [0.3, 0.4) is 0 Å². The van der Waals surface area contributed by atoms with Gasteiger partial charge in [0.15, 0.2) is 5.17 Å². The van der Waals surface area contributed by atoms with Gasteiger partial charge in [-0.05, 0) is 19.3 Å². The molecule has 0 aliphatic carbocycles. The molecule has 2 heterocycles. The molecule has 0 radical (unpaired) electrons. The molecule has 13 heavy (non-hydrogen) atoms. The summed E-state index contributed by atoms with van der Waals surface area (Å²) < 4.78 is 0. The van der Waals surface area contributed by atoms with E-state index in [0.717, 1.165) is 32.5 Å². The first-order valence-corrected chi connectivity index (χ1v) is 6.02. The van der Waals surface area contributed by atoms with Gasteiger partial charge in [-0.25, -0.2) is 0 Å². The fourth-order valence-electron chi connectivity index (χ4n) is 1.73. The molecule has 2 N–H and O–H groups in total. The third-order valence-electron chi connectivity index (χ3n) is 2.59. The molecule has 2 aliphatic heterocycles. The highest BCUT2D eigenvalue weighted by molar-refractivity contribution is 8.13. The summed E-state index contributed by atoms with van der Waals surface area (Å²) >= 11 is 1.91. The zero-order chi connectivity index (χ0) is 9.10. The van der Waals surface area contributed by atoms with Gasteiger partial charge in [-0.1, -0.05) is 11.8 Å². The number of hydrogen-bond acceptors (Lipinski definition) is 4. The van der Waals surface area contributed by atoms with Crippen molar-refractivity contribution in [2.75, 3.05) is 25.4 Å². The van der Waals surface area contributed by atoms with Gasteiger partial charge in [0.2, 0.25) is 0 Å². The van der Waals surface area contributed by atoms with Gasteiger partial charge in [0.1, 0.15) is 0 Å². The van der Waals surface area contributed by atoms with Crippen molar-refractivity contribution < 1.29 is 0 Å². The average Bonchev–Trinajstić information content (AvgIpc) is 2.20. The number of aliphatic imine (C=N–C) groups is 1. The lowest BCUT2D eigenvalue weighted by molar-refractivity contribution is 0.317. The van der Waals surface area contributed by atoms with Crippen LogP contribution in [-0.2, 0) is 0 Å². The molecule has 2 rings (SSSR count). The van der Waals surface area contributed by atoms with Gasteiger partial charge < -0.3 is 10.6 Å². The predicted molar refractivity (Wildman–Crippen MR) is 58.2 cm³/mol. The van der Waals surface area contributed by atoms with Crippen LogP contribution < -0.4 is 5.73 Å². The normalized spacial score (nSPS) is 25.9. The van der Waals surface area contributed by atoms with E-state index in [0.29, 0.717) is 6.04 Å². The molecule has 3 nitrogen and oxygen atoms in total.